The summed E-state index contributed by atoms with van der Waals surface area (Å²) in [5, 5.41) is 20.4. The molecule has 0 bridgehead atoms. The van der Waals surface area contributed by atoms with Crippen LogP contribution in [0.4, 0.5) is 22.5 Å². The van der Waals surface area contributed by atoms with E-state index in [9.17, 15) is 37.5 Å². The number of pyridine rings is 2. The number of thiazole rings is 2. The molecule has 0 saturated carbocycles. The van der Waals surface area contributed by atoms with E-state index in [2.05, 4.69) is 40.5 Å². The largest absolute Gasteiger partial charge is 0.391 e. The zero-order chi connectivity index (χ0) is 64.6. The Morgan fingerprint density at radius 3 is 2.21 bits per heavy atom. The number of nitrogens with zero attached hydrogens (tertiary/aromatic N) is 8. The number of rotatable bonds is 17. The second-order valence-electron chi connectivity index (χ2n) is 25.1. The Morgan fingerprint density at radius 2 is 1.52 bits per heavy atom. The SMILES string of the molecule is Cc1ncsc1-c1ccc([C@H](C)NC(=O)[C@@H]2C[C@@H](O)CN2C(=O)[C@@H](NC(=O)C2CCN(c3ccc(S(=O)(=O)NC(=O)c4nc(N5CCc6cccc(C(=O)Nc7nc8ccccc8s7)c6C5)ccc4-c4ccnc(N(C)C(C)C)c4C)cc3)CC2)C(C)(C)C)cc1. The van der Waals surface area contributed by atoms with E-state index in [0.717, 1.165) is 48.6 Å². The zero-order valence-corrected chi connectivity index (χ0v) is 54.9. The highest BCUT2D eigenvalue weighted by molar-refractivity contribution is 7.90. The minimum Gasteiger partial charge on any atom is -0.391 e. The molecule has 7 heterocycles. The van der Waals surface area contributed by atoms with Crippen LogP contribution in [0.5, 0.6) is 0 Å². The summed E-state index contributed by atoms with van der Waals surface area (Å²) >= 11 is 2.96. The number of amides is 5. The van der Waals surface area contributed by atoms with Gasteiger partial charge < -0.3 is 35.3 Å². The molecule has 11 rings (SSSR count). The first kappa shape index (κ1) is 63.9. The van der Waals surface area contributed by atoms with Crippen LogP contribution in [0.1, 0.15) is 116 Å². The third kappa shape index (κ3) is 13.7. The lowest BCUT2D eigenvalue weighted by Gasteiger charge is -2.38. The molecule has 2 fully saturated rings. The number of hydrogen-bond donors (Lipinski definition) is 5. The van der Waals surface area contributed by atoms with Gasteiger partial charge in [0.15, 0.2) is 5.13 Å². The van der Waals surface area contributed by atoms with Crippen molar-refractivity contribution in [3.8, 4) is 21.6 Å². The Kier molecular flexibility index (Phi) is 18.5. The van der Waals surface area contributed by atoms with Gasteiger partial charge in [0.1, 0.15) is 29.4 Å². The van der Waals surface area contributed by atoms with Crippen LogP contribution in [-0.2, 0) is 37.4 Å². The number of aryl methyl sites for hydroxylation is 1. The molecule has 0 aliphatic carbocycles. The van der Waals surface area contributed by atoms with Gasteiger partial charge in [0.05, 0.1) is 43.3 Å². The maximum absolute atomic E-state index is 14.7. The van der Waals surface area contributed by atoms with Gasteiger partial charge >= 0.3 is 0 Å². The molecule has 0 radical (unpaired) electrons. The molecule has 3 aliphatic heterocycles. The Hall–Kier alpha value is -8.64. The van der Waals surface area contributed by atoms with Crippen molar-refractivity contribution in [2.45, 2.75) is 123 Å². The summed E-state index contributed by atoms with van der Waals surface area (Å²) in [4.78, 5) is 98.2. The first-order valence-electron chi connectivity index (χ1n) is 30.7. The summed E-state index contributed by atoms with van der Waals surface area (Å²) in [7, 11) is -2.55. The van der Waals surface area contributed by atoms with Crippen molar-refractivity contribution in [2.75, 3.05) is 53.2 Å². The Morgan fingerprint density at radius 1 is 0.780 bits per heavy atom. The van der Waals surface area contributed by atoms with Crippen molar-refractivity contribution in [3.63, 3.8) is 0 Å². The fourth-order valence-electron chi connectivity index (χ4n) is 12.3. The van der Waals surface area contributed by atoms with Crippen LogP contribution in [0.15, 0.2) is 126 Å². The number of β-amino-alcohol motifs (C(OH)–C–C–N with tert-alkyl or cyclic N) is 1. The highest BCUT2D eigenvalue weighted by Crippen LogP contribution is 2.37. The lowest BCUT2D eigenvalue weighted by Crippen LogP contribution is -2.59. The van der Waals surface area contributed by atoms with E-state index in [1.165, 1.54) is 28.4 Å². The van der Waals surface area contributed by atoms with Crippen molar-refractivity contribution in [2.24, 2.45) is 11.3 Å². The van der Waals surface area contributed by atoms with Crippen molar-refractivity contribution in [1.29, 1.82) is 0 Å². The quantitative estimate of drug-likeness (QED) is 0.0569. The van der Waals surface area contributed by atoms with Crippen LogP contribution in [0.25, 0.3) is 31.8 Å². The molecule has 20 nitrogen and oxygen atoms in total. The number of piperidine rings is 1. The predicted octanol–water partition coefficient (Wildman–Crippen LogP) is 9.86. The third-order valence-corrected chi connectivity index (χ3v) is 21.0. The number of para-hydroxylation sites is 1. The fraction of sp³-hybridized carbons (Fsp3) is 0.368. The van der Waals surface area contributed by atoms with Gasteiger partial charge in [0, 0.05) is 81.2 Å². The molecule has 2 saturated heterocycles. The van der Waals surface area contributed by atoms with Crippen molar-refractivity contribution >= 4 is 94.9 Å². The van der Waals surface area contributed by atoms with E-state index in [0.29, 0.717) is 84.6 Å². The number of hydrogen-bond acceptors (Lipinski definition) is 17. The number of fused-ring (bicyclic) bond motifs is 2. The molecule has 0 spiro atoms. The highest BCUT2D eigenvalue weighted by Gasteiger charge is 2.45. The normalized spacial score (nSPS) is 16.9. The summed E-state index contributed by atoms with van der Waals surface area (Å²) in [6.07, 6.45) is 2.26. The zero-order valence-electron chi connectivity index (χ0n) is 52.5. The number of sulfonamides is 1. The van der Waals surface area contributed by atoms with Crippen molar-refractivity contribution < 1.29 is 37.5 Å². The smallest absolute Gasteiger partial charge is 0.284 e. The first-order chi connectivity index (χ1) is 43.4. The molecule has 3 aliphatic rings. The molecule has 5 amide bonds. The van der Waals surface area contributed by atoms with Crippen molar-refractivity contribution in [3.05, 3.63) is 160 Å². The number of likely N-dealkylation sites (tertiary alicyclic amines) is 1. The van der Waals surface area contributed by atoms with E-state index in [-0.39, 0.29) is 47.5 Å². The molecular formula is C68H76N12O8S3. The predicted molar refractivity (Wildman–Crippen MR) is 357 cm³/mol. The number of carbonyl (C=O) groups excluding carboxylic acids is 5. The number of aliphatic hydroxyl groups is 1. The molecule has 4 aromatic heterocycles. The van der Waals surface area contributed by atoms with E-state index >= 15 is 0 Å². The summed E-state index contributed by atoms with van der Waals surface area (Å²) in [5.41, 5.74) is 9.43. The molecule has 474 valence electrons. The lowest BCUT2D eigenvalue weighted by molar-refractivity contribution is -0.144. The topological polar surface area (TPSA) is 252 Å². The van der Waals surface area contributed by atoms with Gasteiger partial charge in [-0.2, -0.15) is 0 Å². The number of aliphatic hydroxyl groups excluding tert-OH is 1. The van der Waals surface area contributed by atoms with Gasteiger partial charge in [-0.1, -0.05) is 80.6 Å². The standard InChI is InChI=1S/C68H76N12O8S3/c1-39(2)77(9)61-40(3)50(27-31-69-61)51-25-26-57(79-34-28-44-13-12-14-52(53(44)37-79)63(83)75-67-72-54-15-10-11-16-56(54)90-67)73-58(51)65(85)76-91(87,88)49-23-21-47(22-24-49)78-32-29-46(30-33-78)62(82)74-60(68(6,7)8)66(86)80-36-48(81)35-55(80)64(84)71-41(4)43-17-19-45(20-18-43)59-42(5)70-38-89-59/h10-27,31,38-39,41,46,48,55,60,81H,28-30,32-37H2,1-9H3,(H,71,84)(H,74,82)(H,76,85)(H,72,75,83)/t41-,48+,55-,60+/m0/s1. The van der Waals surface area contributed by atoms with Gasteiger partial charge in [-0.25, -0.2) is 33.1 Å². The molecule has 4 atom stereocenters. The van der Waals surface area contributed by atoms with Gasteiger partial charge in [0.25, 0.3) is 21.8 Å². The van der Waals surface area contributed by atoms with Crippen molar-refractivity contribution in [1.82, 2.24) is 40.2 Å². The average Bonchev–Trinajstić information content (AvgIpc) is 1.56. The summed E-state index contributed by atoms with van der Waals surface area (Å²) in [6.45, 7) is 17.1. The molecule has 23 heteroatoms. The van der Waals surface area contributed by atoms with E-state index in [4.69, 9.17) is 4.98 Å². The van der Waals surface area contributed by atoms with E-state index in [1.54, 1.807) is 47.9 Å². The van der Waals surface area contributed by atoms with Gasteiger partial charge in [-0.3, -0.25) is 29.3 Å². The van der Waals surface area contributed by atoms with Crippen LogP contribution in [0.3, 0.4) is 0 Å². The number of anilines is 4. The average molecular weight is 1290 g/mol. The van der Waals surface area contributed by atoms with Crippen LogP contribution in [0.2, 0.25) is 0 Å². The van der Waals surface area contributed by atoms with Gasteiger partial charge in [-0.05, 0) is 153 Å². The highest BCUT2D eigenvalue weighted by atomic mass is 32.2. The maximum atomic E-state index is 14.7. The second-order valence-corrected chi connectivity index (χ2v) is 28.7. The summed E-state index contributed by atoms with van der Waals surface area (Å²) < 4.78 is 31.9. The summed E-state index contributed by atoms with van der Waals surface area (Å²) in [5.74, 6) is -1.70. The number of nitrogens with one attached hydrogen (secondary N) is 4. The first-order valence-corrected chi connectivity index (χ1v) is 33.8. The Bertz CT molecular complexity index is 4140. The molecule has 5 N–H and O–H groups in total. The minimum absolute atomic E-state index is 0.0500. The van der Waals surface area contributed by atoms with Gasteiger partial charge in [0.2, 0.25) is 17.7 Å². The minimum atomic E-state index is -4.48. The third-order valence-electron chi connectivity index (χ3n) is 17.7. The monoisotopic (exact) mass is 1280 g/mol. The lowest BCUT2D eigenvalue weighted by atomic mass is 9.84. The maximum Gasteiger partial charge on any atom is 0.284 e. The van der Waals surface area contributed by atoms with E-state index < -0.39 is 57.3 Å². The number of benzene rings is 4. The summed E-state index contributed by atoms with van der Waals surface area (Å²) in [6, 6.07) is 30.6. The molecule has 8 aromatic rings. The van der Waals surface area contributed by atoms with Crippen LogP contribution in [0, 0.1) is 25.2 Å². The number of carbonyl (C=O) groups is 5. The Balaban J connectivity index is 0.750. The Labute approximate surface area is 538 Å². The van der Waals surface area contributed by atoms with Crippen LogP contribution in [-0.4, -0.2) is 125 Å². The fourth-order valence-corrected chi connectivity index (χ4v) is 14.9. The molecule has 0 unspecified atom stereocenters. The van der Waals surface area contributed by atoms with E-state index in [1.807, 2.05) is 144 Å². The molecule has 91 heavy (non-hydrogen) atoms. The molecule has 4 aromatic carbocycles. The molecular weight excluding hydrogens is 1210 g/mol. The van der Waals surface area contributed by atoms with Gasteiger partial charge in [-0.15, -0.1) is 11.3 Å². The van der Waals surface area contributed by atoms with Crippen LogP contribution < -0.4 is 35.4 Å². The van der Waals surface area contributed by atoms with Crippen LogP contribution >= 0.6 is 22.7 Å². The number of aromatic nitrogens is 4. The second kappa shape index (κ2) is 26.3.